The van der Waals surface area contributed by atoms with Crippen molar-refractivity contribution in [1.29, 1.82) is 0 Å². The molecule has 0 fully saturated rings. The number of para-hydroxylation sites is 1. The smallest absolute Gasteiger partial charge is 0.290 e. The van der Waals surface area contributed by atoms with Crippen LogP contribution in [0.3, 0.4) is 0 Å². The van der Waals surface area contributed by atoms with E-state index in [-0.39, 0.29) is 17.1 Å². The van der Waals surface area contributed by atoms with Crippen LogP contribution in [0.2, 0.25) is 5.02 Å². The van der Waals surface area contributed by atoms with Gasteiger partial charge in [0.1, 0.15) is 5.58 Å². The molecule has 0 N–H and O–H groups in total. The van der Waals surface area contributed by atoms with E-state index in [0.717, 1.165) is 31.6 Å². The van der Waals surface area contributed by atoms with Gasteiger partial charge in [-0.3, -0.25) is 9.59 Å². The number of halogens is 1. The van der Waals surface area contributed by atoms with E-state index in [4.69, 9.17) is 25.5 Å². The first kappa shape index (κ1) is 25.1. The van der Waals surface area contributed by atoms with E-state index >= 15 is 0 Å². The molecule has 3 aromatic rings. The normalized spacial score (nSPS) is 15.2. The summed E-state index contributed by atoms with van der Waals surface area (Å²) >= 11 is 6.34. The summed E-state index contributed by atoms with van der Waals surface area (Å²) in [4.78, 5) is 31.5. The van der Waals surface area contributed by atoms with Crippen LogP contribution in [0.4, 0.5) is 0 Å². The Kier molecular flexibility index (Phi) is 7.38. The number of hydrogen-bond donors (Lipinski definition) is 0. The van der Waals surface area contributed by atoms with Crippen molar-refractivity contribution in [3.63, 3.8) is 0 Å². The lowest BCUT2D eigenvalue weighted by Gasteiger charge is -2.28. The van der Waals surface area contributed by atoms with E-state index in [2.05, 4.69) is 18.7 Å². The minimum Gasteiger partial charge on any atom is -0.493 e. The third kappa shape index (κ3) is 4.39. The third-order valence-electron chi connectivity index (χ3n) is 6.74. The lowest BCUT2D eigenvalue weighted by atomic mass is 9.97. The molecule has 1 atom stereocenters. The average Bonchev–Trinajstić information content (AvgIpc) is 3.14. The number of hydrogen-bond acceptors (Lipinski definition) is 6. The molecule has 0 saturated carbocycles. The quantitative estimate of drug-likeness (QED) is 0.411. The second-order valence-corrected chi connectivity index (χ2v) is 9.04. The number of carbonyl (C=O) groups excluding carboxylic acids is 1. The zero-order chi connectivity index (χ0) is 25.3. The van der Waals surface area contributed by atoms with Crippen molar-refractivity contribution in [3.8, 4) is 11.5 Å². The van der Waals surface area contributed by atoms with Gasteiger partial charge in [-0.1, -0.05) is 37.6 Å². The summed E-state index contributed by atoms with van der Waals surface area (Å²) in [5.74, 6) is 0.775. The number of fused-ring (bicyclic) bond motifs is 2. The van der Waals surface area contributed by atoms with Crippen molar-refractivity contribution < 1.29 is 18.7 Å². The summed E-state index contributed by atoms with van der Waals surface area (Å²) in [5.41, 5.74) is 1.83. The van der Waals surface area contributed by atoms with Gasteiger partial charge in [-0.2, -0.15) is 0 Å². The molecule has 0 radical (unpaired) electrons. The highest BCUT2D eigenvalue weighted by molar-refractivity contribution is 6.32. The SMILES string of the molecule is CCN(CC)CCCN1C(=O)c2oc3cc(C)c(Cl)cc3c(=O)c2C1c1cccc(OC)c1OC. The maximum absolute atomic E-state index is 13.8. The van der Waals surface area contributed by atoms with E-state index in [1.807, 2.05) is 19.1 Å². The van der Waals surface area contributed by atoms with Gasteiger partial charge in [0, 0.05) is 17.1 Å². The monoisotopic (exact) mass is 498 g/mol. The van der Waals surface area contributed by atoms with Gasteiger partial charge in [-0.25, -0.2) is 0 Å². The lowest BCUT2D eigenvalue weighted by molar-refractivity contribution is 0.0718. The van der Waals surface area contributed by atoms with Crippen LogP contribution in [0.25, 0.3) is 11.0 Å². The molecule has 1 amide bonds. The summed E-state index contributed by atoms with van der Waals surface area (Å²) in [5, 5.41) is 0.824. The van der Waals surface area contributed by atoms with Gasteiger partial charge in [-0.15, -0.1) is 0 Å². The Morgan fingerprint density at radius 2 is 1.86 bits per heavy atom. The van der Waals surface area contributed by atoms with Crippen LogP contribution in [-0.4, -0.2) is 56.1 Å². The Morgan fingerprint density at radius 3 is 2.51 bits per heavy atom. The molecular weight excluding hydrogens is 468 g/mol. The number of nitrogens with zero attached hydrogens (tertiary/aromatic N) is 2. The van der Waals surface area contributed by atoms with Gasteiger partial charge in [0.05, 0.1) is 31.2 Å². The highest BCUT2D eigenvalue weighted by Crippen LogP contribution is 2.44. The minimum atomic E-state index is -0.667. The summed E-state index contributed by atoms with van der Waals surface area (Å²) in [6.45, 7) is 9.23. The van der Waals surface area contributed by atoms with Crippen molar-refractivity contribution in [2.24, 2.45) is 0 Å². The molecule has 0 spiro atoms. The Hall–Kier alpha value is -3.03. The first-order chi connectivity index (χ1) is 16.9. The molecule has 2 aromatic carbocycles. The molecule has 186 valence electrons. The summed E-state index contributed by atoms with van der Waals surface area (Å²) in [6, 6.07) is 8.13. The number of amides is 1. The van der Waals surface area contributed by atoms with E-state index in [9.17, 15) is 9.59 Å². The number of ether oxygens (including phenoxy) is 2. The summed E-state index contributed by atoms with van der Waals surface area (Å²) < 4.78 is 17.3. The van der Waals surface area contributed by atoms with Crippen molar-refractivity contribution in [3.05, 3.63) is 68.0 Å². The standard InChI is InChI=1S/C27H31ClN2O5/c1-6-29(7-2)12-9-13-30-23(17-10-8-11-20(33-4)25(17)34-5)22-24(31)18-15-19(28)16(3)14-21(18)35-26(22)27(30)32/h8,10-11,14-15,23H,6-7,9,12-13H2,1-5H3. The Morgan fingerprint density at radius 1 is 1.11 bits per heavy atom. The maximum atomic E-state index is 13.8. The molecule has 4 rings (SSSR count). The number of carbonyl (C=O) groups is 1. The van der Waals surface area contributed by atoms with Crippen molar-refractivity contribution in [2.75, 3.05) is 40.4 Å². The predicted molar refractivity (Wildman–Crippen MR) is 137 cm³/mol. The molecule has 8 heteroatoms. The Bertz CT molecular complexity index is 1320. The average molecular weight is 499 g/mol. The predicted octanol–water partition coefficient (Wildman–Crippen LogP) is 5.05. The third-order valence-corrected chi connectivity index (χ3v) is 7.15. The molecule has 2 heterocycles. The van der Waals surface area contributed by atoms with Crippen LogP contribution in [0.1, 0.15) is 53.6 Å². The van der Waals surface area contributed by atoms with Gasteiger partial charge in [-0.05, 0) is 56.7 Å². The van der Waals surface area contributed by atoms with Gasteiger partial charge in [0.15, 0.2) is 16.9 Å². The van der Waals surface area contributed by atoms with Crippen LogP contribution in [-0.2, 0) is 0 Å². The number of rotatable bonds is 9. The molecule has 0 aliphatic carbocycles. The van der Waals surface area contributed by atoms with Gasteiger partial charge in [0.25, 0.3) is 5.91 Å². The molecule has 0 bridgehead atoms. The molecule has 1 unspecified atom stereocenters. The van der Waals surface area contributed by atoms with E-state index in [1.54, 1.807) is 37.3 Å². The molecule has 1 aliphatic heterocycles. The molecule has 1 aromatic heterocycles. The van der Waals surface area contributed by atoms with Crippen LogP contribution in [0, 0.1) is 6.92 Å². The summed E-state index contributed by atoms with van der Waals surface area (Å²) in [6.07, 6.45) is 0.753. The first-order valence-corrected chi connectivity index (χ1v) is 12.2. The largest absolute Gasteiger partial charge is 0.493 e. The highest BCUT2D eigenvalue weighted by Gasteiger charge is 2.44. The molecule has 7 nitrogen and oxygen atoms in total. The Labute approximate surface area is 210 Å². The van der Waals surface area contributed by atoms with Crippen LogP contribution in [0.15, 0.2) is 39.5 Å². The van der Waals surface area contributed by atoms with Crippen molar-refractivity contribution in [1.82, 2.24) is 9.80 Å². The van der Waals surface area contributed by atoms with Crippen molar-refractivity contribution in [2.45, 2.75) is 33.2 Å². The zero-order valence-corrected chi connectivity index (χ0v) is 21.6. The fraction of sp³-hybridized carbons (Fsp3) is 0.407. The molecule has 0 saturated heterocycles. The second kappa shape index (κ2) is 10.3. The number of aryl methyl sites for hydroxylation is 1. The second-order valence-electron chi connectivity index (χ2n) is 8.64. The first-order valence-electron chi connectivity index (χ1n) is 11.9. The van der Waals surface area contributed by atoms with Crippen LogP contribution in [0.5, 0.6) is 11.5 Å². The van der Waals surface area contributed by atoms with Crippen molar-refractivity contribution >= 4 is 28.5 Å². The number of benzene rings is 2. The Balaban J connectivity index is 1.90. The van der Waals surface area contributed by atoms with Gasteiger partial charge >= 0.3 is 0 Å². The fourth-order valence-electron chi connectivity index (χ4n) is 4.83. The summed E-state index contributed by atoms with van der Waals surface area (Å²) in [7, 11) is 3.11. The zero-order valence-electron chi connectivity index (χ0n) is 20.8. The van der Waals surface area contributed by atoms with Crippen LogP contribution >= 0.6 is 11.6 Å². The van der Waals surface area contributed by atoms with E-state index < -0.39 is 6.04 Å². The molecule has 35 heavy (non-hydrogen) atoms. The topological polar surface area (TPSA) is 72.2 Å². The minimum absolute atomic E-state index is 0.0712. The fourth-order valence-corrected chi connectivity index (χ4v) is 4.99. The van der Waals surface area contributed by atoms with Crippen LogP contribution < -0.4 is 14.9 Å². The molecular formula is C27H31ClN2O5. The number of methoxy groups -OCH3 is 2. The van der Waals surface area contributed by atoms with E-state index in [0.29, 0.717) is 45.2 Å². The maximum Gasteiger partial charge on any atom is 0.290 e. The van der Waals surface area contributed by atoms with Gasteiger partial charge in [0.2, 0.25) is 5.76 Å². The lowest BCUT2D eigenvalue weighted by Crippen LogP contribution is -2.33. The molecule has 1 aliphatic rings. The highest BCUT2D eigenvalue weighted by atomic mass is 35.5. The van der Waals surface area contributed by atoms with E-state index in [1.165, 1.54) is 0 Å². The van der Waals surface area contributed by atoms with Gasteiger partial charge < -0.3 is 23.7 Å².